The van der Waals surface area contributed by atoms with Gasteiger partial charge in [-0.3, -0.25) is 0 Å². The molecular formula is C6H10F3NO. The van der Waals surface area contributed by atoms with E-state index in [0.29, 0.717) is 13.0 Å². The van der Waals surface area contributed by atoms with Gasteiger partial charge in [0, 0.05) is 12.5 Å². The Morgan fingerprint density at radius 2 is 2.09 bits per heavy atom. The molecule has 1 fully saturated rings. The normalized spacial score (nSPS) is 32.7. The van der Waals surface area contributed by atoms with Gasteiger partial charge >= 0.3 is 6.18 Å². The Kier molecular flexibility index (Phi) is 2.39. The van der Waals surface area contributed by atoms with Crippen molar-refractivity contribution in [2.45, 2.75) is 18.6 Å². The summed E-state index contributed by atoms with van der Waals surface area (Å²) in [5.41, 5.74) is 0. The zero-order chi connectivity index (χ0) is 8.48. The number of nitrogens with one attached hydrogen (secondary N) is 1. The first-order chi connectivity index (χ1) is 5.05. The molecule has 0 aromatic rings. The number of hydrogen-bond acceptors (Lipinski definition) is 2. The SMILES string of the molecule is OCC1CCNC1C(F)(F)F. The number of alkyl halides is 3. The van der Waals surface area contributed by atoms with E-state index in [1.807, 2.05) is 0 Å². The summed E-state index contributed by atoms with van der Waals surface area (Å²) >= 11 is 0. The van der Waals surface area contributed by atoms with Gasteiger partial charge in [0.1, 0.15) is 6.04 Å². The van der Waals surface area contributed by atoms with Crippen molar-refractivity contribution in [3.05, 3.63) is 0 Å². The minimum atomic E-state index is -4.22. The zero-order valence-corrected chi connectivity index (χ0v) is 5.86. The number of hydrogen-bond donors (Lipinski definition) is 2. The van der Waals surface area contributed by atoms with Crippen molar-refractivity contribution in [2.24, 2.45) is 5.92 Å². The molecule has 0 aromatic heterocycles. The molecule has 5 heteroatoms. The van der Waals surface area contributed by atoms with Crippen molar-refractivity contribution in [3.8, 4) is 0 Å². The maximum Gasteiger partial charge on any atom is 0.404 e. The summed E-state index contributed by atoms with van der Waals surface area (Å²) in [7, 11) is 0. The average Bonchev–Trinajstić information content (AvgIpc) is 2.31. The summed E-state index contributed by atoms with van der Waals surface area (Å²) in [4.78, 5) is 0. The first-order valence-electron chi connectivity index (χ1n) is 3.46. The van der Waals surface area contributed by atoms with Crippen LogP contribution in [0.15, 0.2) is 0 Å². The maximum atomic E-state index is 12.0. The van der Waals surface area contributed by atoms with Gasteiger partial charge in [-0.05, 0) is 13.0 Å². The van der Waals surface area contributed by atoms with Crippen molar-refractivity contribution in [2.75, 3.05) is 13.2 Å². The van der Waals surface area contributed by atoms with Crippen LogP contribution >= 0.6 is 0 Å². The van der Waals surface area contributed by atoms with E-state index in [-0.39, 0.29) is 0 Å². The molecule has 1 aliphatic heterocycles. The fourth-order valence-corrected chi connectivity index (χ4v) is 1.34. The van der Waals surface area contributed by atoms with Crippen LogP contribution in [0.5, 0.6) is 0 Å². The molecular weight excluding hydrogens is 159 g/mol. The molecule has 66 valence electrons. The predicted octanol–water partition coefficient (Wildman–Crippen LogP) is 0.519. The lowest BCUT2D eigenvalue weighted by molar-refractivity contribution is -0.163. The molecule has 0 saturated carbocycles. The Balaban J connectivity index is 2.57. The molecule has 0 bridgehead atoms. The van der Waals surface area contributed by atoms with Gasteiger partial charge in [0.25, 0.3) is 0 Å². The van der Waals surface area contributed by atoms with Crippen molar-refractivity contribution in [1.82, 2.24) is 5.32 Å². The van der Waals surface area contributed by atoms with Gasteiger partial charge in [0.2, 0.25) is 0 Å². The number of rotatable bonds is 1. The number of aliphatic hydroxyl groups is 1. The summed E-state index contributed by atoms with van der Waals surface area (Å²) < 4.78 is 36.1. The molecule has 1 aliphatic rings. The van der Waals surface area contributed by atoms with E-state index in [9.17, 15) is 13.2 Å². The highest BCUT2D eigenvalue weighted by molar-refractivity contribution is 4.88. The predicted molar refractivity (Wildman–Crippen MR) is 33.0 cm³/mol. The second-order valence-corrected chi connectivity index (χ2v) is 2.70. The molecule has 2 unspecified atom stereocenters. The molecule has 2 N–H and O–H groups in total. The quantitative estimate of drug-likeness (QED) is 0.599. The molecule has 1 rings (SSSR count). The van der Waals surface area contributed by atoms with Crippen LogP contribution in [0.3, 0.4) is 0 Å². The van der Waals surface area contributed by atoms with Crippen LogP contribution in [0.4, 0.5) is 13.2 Å². The van der Waals surface area contributed by atoms with E-state index < -0.39 is 24.7 Å². The van der Waals surface area contributed by atoms with Crippen molar-refractivity contribution in [1.29, 1.82) is 0 Å². The second-order valence-electron chi connectivity index (χ2n) is 2.70. The van der Waals surface area contributed by atoms with Crippen LogP contribution in [0.1, 0.15) is 6.42 Å². The molecule has 2 atom stereocenters. The van der Waals surface area contributed by atoms with Crippen LogP contribution in [-0.2, 0) is 0 Å². The lowest BCUT2D eigenvalue weighted by atomic mass is 10.0. The van der Waals surface area contributed by atoms with E-state index in [1.165, 1.54) is 0 Å². The summed E-state index contributed by atoms with van der Waals surface area (Å²) in [5, 5.41) is 10.9. The van der Waals surface area contributed by atoms with E-state index in [2.05, 4.69) is 5.32 Å². The van der Waals surface area contributed by atoms with E-state index in [4.69, 9.17) is 5.11 Å². The lowest BCUT2D eigenvalue weighted by Gasteiger charge is -2.20. The van der Waals surface area contributed by atoms with Gasteiger partial charge in [0.15, 0.2) is 0 Å². The van der Waals surface area contributed by atoms with Crippen LogP contribution in [-0.4, -0.2) is 30.5 Å². The highest BCUT2D eigenvalue weighted by Crippen LogP contribution is 2.30. The number of halogens is 3. The molecule has 0 spiro atoms. The maximum absolute atomic E-state index is 12.0. The largest absolute Gasteiger partial charge is 0.404 e. The van der Waals surface area contributed by atoms with Crippen molar-refractivity contribution in [3.63, 3.8) is 0 Å². The van der Waals surface area contributed by atoms with Gasteiger partial charge in [-0.15, -0.1) is 0 Å². The van der Waals surface area contributed by atoms with Gasteiger partial charge in [-0.2, -0.15) is 13.2 Å². The Labute approximate surface area is 62.4 Å². The molecule has 0 radical (unpaired) electrons. The minimum Gasteiger partial charge on any atom is -0.396 e. The molecule has 0 aromatic carbocycles. The van der Waals surface area contributed by atoms with Gasteiger partial charge < -0.3 is 10.4 Å². The van der Waals surface area contributed by atoms with Crippen LogP contribution in [0.25, 0.3) is 0 Å². The lowest BCUT2D eigenvalue weighted by Crippen LogP contribution is -2.42. The van der Waals surface area contributed by atoms with Gasteiger partial charge in [0.05, 0.1) is 0 Å². The Morgan fingerprint density at radius 1 is 1.45 bits per heavy atom. The van der Waals surface area contributed by atoms with Gasteiger partial charge in [-0.1, -0.05) is 0 Å². The highest BCUT2D eigenvalue weighted by atomic mass is 19.4. The third-order valence-corrected chi connectivity index (χ3v) is 1.94. The topological polar surface area (TPSA) is 32.3 Å². The summed E-state index contributed by atoms with van der Waals surface area (Å²) in [6.07, 6.45) is -3.81. The Bertz CT molecular complexity index is 136. The zero-order valence-electron chi connectivity index (χ0n) is 5.86. The molecule has 0 aliphatic carbocycles. The van der Waals surface area contributed by atoms with Crippen LogP contribution < -0.4 is 5.32 Å². The standard InChI is InChI=1S/C6H10F3NO/c7-6(8,9)5-4(3-11)1-2-10-5/h4-5,10-11H,1-3H2. The fourth-order valence-electron chi connectivity index (χ4n) is 1.34. The minimum absolute atomic E-state index is 0.343. The third-order valence-electron chi connectivity index (χ3n) is 1.94. The first kappa shape index (κ1) is 8.80. The smallest absolute Gasteiger partial charge is 0.396 e. The third kappa shape index (κ3) is 1.84. The Morgan fingerprint density at radius 3 is 2.45 bits per heavy atom. The molecule has 2 nitrogen and oxygen atoms in total. The summed E-state index contributed by atoms with van der Waals surface area (Å²) in [6.45, 7) is -0.0490. The monoisotopic (exact) mass is 169 g/mol. The second kappa shape index (κ2) is 2.98. The van der Waals surface area contributed by atoms with E-state index in [1.54, 1.807) is 0 Å². The fraction of sp³-hybridized carbons (Fsp3) is 1.00. The van der Waals surface area contributed by atoms with Gasteiger partial charge in [-0.25, -0.2) is 0 Å². The summed E-state index contributed by atoms with van der Waals surface area (Å²) in [5.74, 6) is -0.657. The van der Waals surface area contributed by atoms with Crippen molar-refractivity contribution < 1.29 is 18.3 Å². The first-order valence-corrected chi connectivity index (χ1v) is 3.46. The Hall–Kier alpha value is -0.290. The average molecular weight is 169 g/mol. The molecule has 0 amide bonds. The molecule has 1 heterocycles. The number of aliphatic hydroxyl groups excluding tert-OH is 1. The molecule has 1 saturated heterocycles. The van der Waals surface area contributed by atoms with E-state index in [0.717, 1.165) is 0 Å². The summed E-state index contributed by atoms with van der Waals surface area (Å²) in [6, 6.07) is -1.51. The van der Waals surface area contributed by atoms with Crippen LogP contribution in [0.2, 0.25) is 0 Å². The highest BCUT2D eigenvalue weighted by Gasteiger charge is 2.46. The van der Waals surface area contributed by atoms with Crippen LogP contribution in [0, 0.1) is 5.92 Å². The molecule has 11 heavy (non-hydrogen) atoms. The van der Waals surface area contributed by atoms with E-state index >= 15 is 0 Å². The van der Waals surface area contributed by atoms with Crippen molar-refractivity contribution >= 4 is 0 Å².